The van der Waals surface area contributed by atoms with Gasteiger partial charge in [-0.2, -0.15) is 5.10 Å². The van der Waals surface area contributed by atoms with E-state index in [-0.39, 0.29) is 18.0 Å². The number of rotatable bonds is 6. The summed E-state index contributed by atoms with van der Waals surface area (Å²) in [5.41, 5.74) is 3.71. The number of hydrogen-bond donors (Lipinski definition) is 2. The summed E-state index contributed by atoms with van der Waals surface area (Å²) in [4.78, 5) is 20.3. The molecular weight excluding hydrogens is 394 g/mol. The number of fused-ring (bicyclic) bond motifs is 1. The third kappa shape index (κ3) is 4.58. The normalized spacial score (nSPS) is 12.8. The van der Waals surface area contributed by atoms with Crippen molar-refractivity contribution in [3.05, 3.63) is 48.9 Å². The fraction of sp³-hybridized carbons (Fsp3) is 0.304. The number of carbonyl (C=O) groups is 1. The van der Waals surface area contributed by atoms with Gasteiger partial charge in [0.15, 0.2) is 5.58 Å². The molecule has 1 atom stereocenters. The van der Waals surface area contributed by atoms with Crippen LogP contribution in [0, 0.1) is 0 Å². The van der Waals surface area contributed by atoms with Crippen LogP contribution in [0.4, 0.5) is 5.82 Å². The number of nitrogens with zero attached hydrogens (tertiary/aromatic N) is 4. The smallest absolute Gasteiger partial charge is 0.305 e. The lowest BCUT2D eigenvalue weighted by atomic mass is 10.1. The summed E-state index contributed by atoms with van der Waals surface area (Å²) in [6, 6.07) is 9.34. The minimum absolute atomic E-state index is 0.00195. The predicted molar refractivity (Wildman–Crippen MR) is 119 cm³/mol. The Kier molecular flexibility index (Phi) is 5.22. The molecule has 0 bridgehead atoms. The van der Waals surface area contributed by atoms with E-state index >= 15 is 0 Å². The molecule has 8 nitrogen and oxygen atoms in total. The van der Waals surface area contributed by atoms with Gasteiger partial charge < -0.3 is 14.8 Å². The largest absolute Gasteiger partial charge is 0.481 e. The standard InChI is InChI=1S/C23H25N5O3/c1-14(9-20(29)30)28-13-16(12-25-28)15-10-17(21(24-11-15)27-23(2,3)4)22-26-18-7-5-6-8-19(18)31-22/h5-8,10-14H,9H2,1-4H3,(H,24,27)(H,29,30). The average molecular weight is 419 g/mol. The number of hydrogen-bond acceptors (Lipinski definition) is 6. The van der Waals surface area contributed by atoms with Crippen molar-refractivity contribution in [2.75, 3.05) is 5.32 Å². The highest BCUT2D eigenvalue weighted by Gasteiger charge is 2.20. The van der Waals surface area contributed by atoms with Crippen LogP contribution in [0.2, 0.25) is 0 Å². The van der Waals surface area contributed by atoms with Crippen LogP contribution in [0.5, 0.6) is 0 Å². The number of nitrogens with one attached hydrogen (secondary N) is 1. The highest BCUT2D eigenvalue weighted by molar-refractivity contribution is 5.81. The summed E-state index contributed by atoms with van der Waals surface area (Å²) >= 11 is 0. The lowest BCUT2D eigenvalue weighted by Crippen LogP contribution is -2.27. The molecule has 4 rings (SSSR count). The molecular formula is C23H25N5O3. The zero-order valence-corrected chi connectivity index (χ0v) is 18.0. The Morgan fingerprint density at radius 2 is 2.00 bits per heavy atom. The van der Waals surface area contributed by atoms with Gasteiger partial charge in [-0.25, -0.2) is 9.97 Å². The zero-order chi connectivity index (χ0) is 22.2. The van der Waals surface area contributed by atoms with Gasteiger partial charge in [0, 0.05) is 29.1 Å². The van der Waals surface area contributed by atoms with E-state index in [1.54, 1.807) is 17.1 Å². The molecule has 31 heavy (non-hydrogen) atoms. The zero-order valence-electron chi connectivity index (χ0n) is 18.0. The topological polar surface area (TPSA) is 106 Å². The number of oxazole rings is 1. The Morgan fingerprint density at radius 1 is 1.23 bits per heavy atom. The monoisotopic (exact) mass is 419 g/mol. The van der Waals surface area contributed by atoms with Crippen LogP contribution >= 0.6 is 0 Å². The van der Waals surface area contributed by atoms with Crippen LogP contribution < -0.4 is 5.32 Å². The second-order valence-electron chi connectivity index (χ2n) is 8.64. The van der Waals surface area contributed by atoms with Crippen LogP contribution in [0.15, 0.2) is 53.3 Å². The lowest BCUT2D eigenvalue weighted by Gasteiger charge is -2.22. The minimum atomic E-state index is -0.859. The number of anilines is 1. The third-order valence-electron chi connectivity index (χ3n) is 4.76. The van der Waals surface area contributed by atoms with Crippen LogP contribution in [0.3, 0.4) is 0 Å². The Bertz CT molecular complexity index is 1200. The van der Waals surface area contributed by atoms with E-state index in [1.165, 1.54) is 0 Å². The molecule has 0 aliphatic carbocycles. The second-order valence-corrected chi connectivity index (χ2v) is 8.64. The summed E-state index contributed by atoms with van der Waals surface area (Å²) in [6.07, 6.45) is 5.31. The van der Waals surface area contributed by atoms with Crippen molar-refractivity contribution in [1.82, 2.24) is 19.7 Å². The summed E-state index contributed by atoms with van der Waals surface area (Å²) < 4.78 is 7.67. The number of aliphatic carboxylic acids is 1. The maximum absolute atomic E-state index is 11.0. The van der Waals surface area contributed by atoms with Gasteiger partial charge in [0.1, 0.15) is 11.3 Å². The van der Waals surface area contributed by atoms with E-state index in [4.69, 9.17) is 9.52 Å². The highest BCUT2D eigenvalue weighted by Crippen LogP contribution is 2.34. The van der Waals surface area contributed by atoms with E-state index in [0.29, 0.717) is 17.3 Å². The fourth-order valence-electron chi connectivity index (χ4n) is 3.30. The first-order valence-corrected chi connectivity index (χ1v) is 10.1. The molecule has 3 heterocycles. The van der Waals surface area contributed by atoms with E-state index in [1.807, 2.05) is 43.5 Å². The number of pyridine rings is 1. The number of carboxylic acid groups (broad SMARTS) is 1. The predicted octanol–water partition coefficient (Wildman–Crippen LogP) is 5.00. The summed E-state index contributed by atoms with van der Waals surface area (Å²) in [6.45, 7) is 8.01. The molecule has 0 aliphatic rings. The SMILES string of the molecule is CC(CC(=O)O)n1cc(-c2cnc(NC(C)(C)C)c(-c3nc4ccccc4o3)c2)cn1. The molecule has 0 radical (unpaired) electrons. The molecule has 1 unspecified atom stereocenters. The van der Waals surface area contributed by atoms with Gasteiger partial charge in [-0.05, 0) is 45.9 Å². The molecule has 4 aromatic rings. The molecule has 0 spiro atoms. The minimum Gasteiger partial charge on any atom is -0.481 e. The van der Waals surface area contributed by atoms with Gasteiger partial charge in [-0.1, -0.05) is 12.1 Å². The maximum atomic E-state index is 11.0. The van der Waals surface area contributed by atoms with Crippen LogP contribution in [-0.4, -0.2) is 36.4 Å². The fourth-order valence-corrected chi connectivity index (χ4v) is 3.30. The van der Waals surface area contributed by atoms with Crippen LogP contribution in [0.25, 0.3) is 33.7 Å². The number of benzene rings is 1. The Balaban J connectivity index is 1.76. The van der Waals surface area contributed by atoms with Crippen LogP contribution in [-0.2, 0) is 4.79 Å². The molecule has 0 aliphatic heterocycles. The van der Waals surface area contributed by atoms with Gasteiger partial charge >= 0.3 is 5.97 Å². The lowest BCUT2D eigenvalue weighted by molar-refractivity contribution is -0.137. The van der Waals surface area contributed by atoms with E-state index in [2.05, 4.69) is 41.2 Å². The molecule has 8 heteroatoms. The summed E-state index contributed by atoms with van der Waals surface area (Å²) in [7, 11) is 0. The van der Waals surface area contributed by atoms with Crippen molar-refractivity contribution in [2.45, 2.75) is 45.7 Å². The van der Waals surface area contributed by atoms with Gasteiger partial charge in [0.05, 0.1) is 24.2 Å². The first kappa shape index (κ1) is 20.6. The molecule has 0 amide bonds. The molecule has 1 aromatic carbocycles. The van der Waals surface area contributed by atoms with Crippen molar-refractivity contribution >= 4 is 22.9 Å². The summed E-state index contributed by atoms with van der Waals surface area (Å²) in [5.74, 6) is 0.297. The molecule has 2 N–H and O–H groups in total. The molecule has 0 saturated carbocycles. The first-order chi connectivity index (χ1) is 14.7. The summed E-state index contributed by atoms with van der Waals surface area (Å²) in [5, 5.41) is 16.8. The molecule has 0 saturated heterocycles. The van der Waals surface area contributed by atoms with Gasteiger partial charge in [0.25, 0.3) is 0 Å². The van der Waals surface area contributed by atoms with Crippen LogP contribution in [0.1, 0.15) is 40.2 Å². The van der Waals surface area contributed by atoms with Gasteiger partial charge in [-0.3, -0.25) is 9.48 Å². The highest BCUT2D eigenvalue weighted by atomic mass is 16.4. The van der Waals surface area contributed by atoms with Crippen molar-refractivity contribution in [2.24, 2.45) is 0 Å². The van der Waals surface area contributed by atoms with Crippen molar-refractivity contribution < 1.29 is 14.3 Å². The van der Waals surface area contributed by atoms with E-state index in [0.717, 1.165) is 22.2 Å². The Labute approximate surface area is 179 Å². The maximum Gasteiger partial charge on any atom is 0.305 e. The van der Waals surface area contributed by atoms with E-state index in [9.17, 15) is 4.79 Å². The Hall–Kier alpha value is -3.68. The van der Waals surface area contributed by atoms with Crippen molar-refractivity contribution in [3.63, 3.8) is 0 Å². The number of aromatic nitrogens is 4. The van der Waals surface area contributed by atoms with Gasteiger partial charge in [-0.15, -0.1) is 0 Å². The number of carboxylic acids is 1. The van der Waals surface area contributed by atoms with E-state index < -0.39 is 5.97 Å². The number of para-hydroxylation sites is 2. The third-order valence-corrected chi connectivity index (χ3v) is 4.76. The van der Waals surface area contributed by atoms with Crippen molar-refractivity contribution in [1.29, 1.82) is 0 Å². The Morgan fingerprint density at radius 3 is 2.71 bits per heavy atom. The first-order valence-electron chi connectivity index (χ1n) is 10.1. The van der Waals surface area contributed by atoms with Crippen molar-refractivity contribution in [3.8, 4) is 22.6 Å². The second kappa shape index (κ2) is 7.86. The molecule has 160 valence electrons. The van der Waals surface area contributed by atoms with Gasteiger partial charge in [0.2, 0.25) is 5.89 Å². The molecule has 0 fully saturated rings. The quantitative estimate of drug-likeness (QED) is 0.453. The average Bonchev–Trinajstić information content (AvgIpc) is 3.34. The molecule has 3 aromatic heterocycles.